The lowest BCUT2D eigenvalue weighted by Crippen LogP contribution is -2.54. The molecule has 140 valence electrons. The minimum absolute atomic E-state index is 0. The van der Waals surface area contributed by atoms with Gasteiger partial charge >= 0.3 is 0 Å². The summed E-state index contributed by atoms with van der Waals surface area (Å²) < 4.78 is 0. The van der Waals surface area contributed by atoms with Gasteiger partial charge in [0.25, 0.3) is 0 Å². The van der Waals surface area contributed by atoms with Crippen molar-refractivity contribution in [3.8, 4) is 0 Å². The molecule has 3 N–H and O–H groups in total. The van der Waals surface area contributed by atoms with Gasteiger partial charge in [-0.05, 0) is 25.3 Å². The van der Waals surface area contributed by atoms with E-state index in [1.165, 1.54) is 0 Å². The van der Waals surface area contributed by atoms with Gasteiger partial charge in [-0.25, -0.2) is 0 Å². The molecule has 1 fully saturated rings. The van der Waals surface area contributed by atoms with Crippen LogP contribution in [0.1, 0.15) is 51.6 Å². The van der Waals surface area contributed by atoms with Crippen molar-refractivity contribution in [1.29, 1.82) is 0 Å². The van der Waals surface area contributed by atoms with E-state index in [2.05, 4.69) is 5.32 Å². The van der Waals surface area contributed by atoms with Gasteiger partial charge in [0.2, 0.25) is 11.8 Å². The molecule has 1 aromatic carbocycles. The second kappa shape index (κ2) is 9.20. The highest BCUT2D eigenvalue weighted by atomic mass is 35.5. The summed E-state index contributed by atoms with van der Waals surface area (Å²) in [5.74, 6) is -0.314. The molecule has 5 nitrogen and oxygen atoms in total. The molecule has 1 saturated heterocycles. The van der Waals surface area contributed by atoms with Crippen LogP contribution < -0.4 is 11.1 Å². The summed E-state index contributed by atoms with van der Waals surface area (Å²) in [5, 5.41) is 3.10. The van der Waals surface area contributed by atoms with Crippen LogP contribution in [-0.4, -0.2) is 35.3 Å². The molecule has 1 aliphatic rings. The number of benzene rings is 1. The Morgan fingerprint density at radius 3 is 2.44 bits per heavy atom. The summed E-state index contributed by atoms with van der Waals surface area (Å²) in [7, 11) is 0. The summed E-state index contributed by atoms with van der Waals surface area (Å²) in [6.45, 7) is 6.95. The van der Waals surface area contributed by atoms with Crippen LogP contribution in [0.15, 0.2) is 30.3 Å². The first-order valence-electron chi connectivity index (χ1n) is 8.82. The number of carbonyl (C=O) groups is 2. The molecule has 1 aliphatic heterocycles. The molecule has 6 heteroatoms. The summed E-state index contributed by atoms with van der Waals surface area (Å²) in [6.07, 6.45) is 1.85. The van der Waals surface area contributed by atoms with Gasteiger partial charge in [0, 0.05) is 19.5 Å². The van der Waals surface area contributed by atoms with Gasteiger partial charge in [0.1, 0.15) is 0 Å². The molecule has 0 aliphatic carbocycles. The maximum Gasteiger partial charge on any atom is 0.225 e. The highest BCUT2D eigenvalue weighted by Gasteiger charge is 2.39. The average molecular weight is 368 g/mol. The van der Waals surface area contributed by atoms with Gasteiger partial charge in [-0.3, -0.25) is 9.59 Å². The quantitative estimate of drug-likeness (QED) is 0.777. The van der Waals surface area contributed by atoms with Gasteiger partial charge in [-0.15, -0.1) is 12.4 Å². The Hall–Kier alpha value is -1.59. The monoisotopic (exact) mass is 367 g/mol. The maximum absolute atomic E-state index is 12.6. The molecule has 0 saturated carbocycles. The summed E-state index contributed by atoms with van der Waals surface area (Å²) in [6, 6.07) is 9.90. The molecular weight excluding hydrogens is 338 g/mol. The van der Waals surface area contributed by atoms with Gasteiger partial charge in [0.05, 0.1) is 17.5 Å². The summed E-state index contributed by atoms with van der Waals surface area (Å²) in [5.41, 5.74) is 6.59. The molecule has 0 bridgehead atoms. The standard InChI is InChI=1S/C19H29N3O2.ClH/c1-4-19(5-2,13-20)21-18(24)16-11-17(23)22(12-16)14(3)15-9-7-6-8-10-15;/h6-10,14,16H,4-5,11-13,20H2,1-3H3,(H,21,24);1H. The highest BCUT2D eigenvalue weighted by Crippen LogP contribution is 2.29. The van der Waals surface area contributed by atoms with Crippen LogP contribution in [-0.2, 0) is 9.59 Å². The fourth-order valence-electron chi connectivity index (χ4n) is 3.32. The summed E-state index contributed by atoms with van der Waals surface area (Å²) in [4.78, 5) is 26.8. The fourth-order valence-corrected chi connectivity index (χ4v) is 3.32. The van der Waals surface area contributed by atoms with E-state index >= 15 is 0 Å². The third-order valence-electron chi connectivity index (χ3n) is 5.41. The predicted molar refractivity (Wildman–Crippen MR) is 102 cm³/mol. The molecule has 1 aromatic rings. The molecule has 0 aromatic heterocycles. The number of halogens is 1. The van der Waals surface area contributed by atoms with Crippen molar-refractivity contribution in [1.82, 2.24) is 10.2 Å². The van der Waals surface area contributed by atoms with Crippen LogP contribution in [0.4, 0.5) is 0 Å². The maximum atomic E-state index is 12.6. The third-order valence-corrected chi connectivity index (χ3v) is 5.41. The van der Waals surface area contributed by atoms with E-state index in [0.29, 0.717) is 13.1 Å². The lowest BCUT2D eigenvalue weighted by molar-refractivity contribution is -0.130. The third kappa shape index (κ3) is 4.73. The lowest BCUT2D eigenvalue weighted by Gasteiger charge is -2.32. The van der Waals surface area contributed by atoms with E-state index in [4.69, 9.17) is 5.73 Å². The van der Waals surface area contributed by atoms with Crippen molar-refractivity contribution in [2.45, 2.75) is 51.6 Å². The van der Waals surface area contributed by atoms with E-state index in [9.17, 15) is 9.59 Å². The van der Waals surface area contributed by atoms with Crippen molar-refractivity contribution in [2.24, 2.45) is 11.7 Å². The second-order valence-corrected chi connectivity index (χ2v) is 6.71. The van der Waals surface area contributed by atoms with Crippen molar-refractivity contribution >= 4 is 24.2 Å². The van der Waals surface area contributed by atoms with Crippen LogP contribution in [0.5, 0.6) is 0 Å². The zero-order valence-electron chi connectivity index (χ0n) is 15.3. The smallest absolute Gasteiger partial charge is 0.225 e. The summed E-state index contributed by atoms with van der Waals surface area (Å²) >= 11 is 0. The number of amides is 2. The first kappa shape index (κ1) is 21.5. The topological polar surface area (TPSA) is 75.4 Å². The second-order valence-electron chi connectivity index (χ2n) is 6.71. The first-order chi connectivity index (χ1) is 11.5. The SMILES string of the molecule is CCC(CC)(CN)NC(=O)C1CC(=O)N(C(C)c2ccccc2)C1.Cl. The Labute approximate surface area is 156 Å². The van der Waals surface area contributed by atoms with Crippen molar-refractivity contribution in [2.75, 3.05) is 13.1 Å². The molecular formula is C19H30ClN3O2. The Kier molecular flexibility index (Phi) is 7.90. The normalized spacial score (nSPS) is 18.6. The van der Waals surface area contributed by atoms with Gasteiger partial charge in [0.15, 0.2) is 0 Å². The molecule has 2 unspecified atom stereocenters. The van der Waals surface area contributed by atoms with E-state index in [1.807, 2.05) is 56.0 Å². The van der Waals surface area contributed by atoms with Crippen molar-refractivity contribution in [3.63, 3.8) is 0 Å². The Morgan fingerprint density at radius 2 is 1.92 bits per heavy atom. The number of nitrogens with zero attached hydrogens (tertiary/aromatic N) is 1. The minimum Gasteiger partial charge on any atom is -0.349 e. The van der Waals surface area contributed by atoms with Gasteiger partial charge < -0.3 is 16.0 Å². The molecule has 0 spiro atoms. The van der Waals surface area contributed by atoms with Crippen LogP contribution in [0.2, 0.25) is 0 Å². The van der Waals surface area contributed by atoms with Crippen LogP contribution in [0, 0.1) is 5.92 Å². The van der Waals surface area contributed by atoms with E-state index in [-0.39, 0.29) is 48.1 Å². The van der Waals surface area contributed by atoms with E-state index < -0.39 is 0 Å². The highest BCUT2D eigenvalue weighted by molar-refractivity contribution is 5.89. The van der Waals surface area contributed by atoms with Gasteiger partial charge in [-0.2, -0.15) is 0 Å². The number of carbonyl (C=O) groups excluding carboxylic acids is 2. The minimum atomic E-state index is -0.363. The number of hydrogen-bond acceptors (Lipinski definition) is 3. The van der Waals surface area contributed by atoms with Crippen molar-refractivity contribution in [3.05, 3.63) is 35.9 Å². The number of nitrogens with two attached hydrogens (primary N) is 1. The van der Waals surface area contributed by atoms with Crippen LogP contribution in [0.25, 0.3) is 0 Å². The Morgan fingerprint density at radius 1 is 1.32 bits per heavy atom. The zero-order chi connectivity index (χ0) is 17.7. The first-order valence-corrected chi connectivity index (χ1v) is 8.82. The van der Waals surface area contributed by atoms with Gasteiger partial charge in [-0.1, -0.05) is 44.2 Å². The van der Waals surface area contributed by atoms with Crippen LogP contribution in [0.3, 0.4) is 0 Å². The molecule has 1 heterocycles. The zero-order valence-corrected chi connectivity index (χ0v) is 16.1. The molecule has 0 radical (unpaired) electrons. The Bertz CT molecular complexity index is 567. The molecule has 25 heavy (non-hydrogen) atoms. The largest absolute Gasteiger partial charge is 0.349 e. The number of rotatable bonds is 7. The number of nitrogens with one attached hydrogen (secondary N) is 1. The Balaban J connectivity index is 0.00000312. The number of likely N-dealkylation sites (tertiary alicyclic amines) is 1. The molecule has 2 rings (SSSR count). The predicted octanol–water partition coefficient (Wildman–Crippen LogP) is 2.65. The lowest BCUT2D eigenvalue weighted by atomic mass is 9.91. The average Bonchev–Trinajstić information content (AvgIpc) is 3.01. The van der Waals surface area contributed by atoms with Crippen molar-refractivity contribution < 1.29 is 9.59 Å². The fraction of sp³-hybridized carbons (Fsp3) is 0.579. The van der Waals surface area contributed by atoms with Crippen LogP contribution >= 0.6 is 12.4 Å². The van der Waals surface area contributed by atoms with E-state index in [0.717, 1.165) is 18.4 Å². The molecule has 2 amide bonds. The molecule has 2 atom stereocenters. The number of hydrogen-bond donors (Lipinski definition) is 2. The van der Waals surface area contributed by atoms with E-state index in [1.54, 1.807) is 0 Å².